The zero-order valence-corrected chi connectivity index (χ0v) is 12.0. The molecule has 22 heavy (non-hydrogen) atoms. The monoisotopic (exact) mass is 303 g/mol. The molecule has 0 radical (unpaired) electrons. The molecule has 0 saturated carbocycles. The van der Waals surface area contributed by atoms with Crippen molar-refractivity contribution in [1.29, 1.82) is 0 Å². The van der Waals surface area contributed by atoms with E-state index in [1.807, 2.05) is 4.90 Å². The van der Waals surface area contributed by atoms with E-state index in [-0.39, 0.29) is 23.1 Å². The predicted molar refractivity (Wildman–Crippen MR) is 80.6 cm³/mol. The summed E-state index contributed by atoms with van der Waals surface area (Å²) in [4.78, 5) is 16.9. The maximum Gasteiger partial charge on any atom is 0.279 e. The first-order valence-corrected chi connectivity index (χ1v) is 7.20. The quantitative estimate of drug-likeness (QED) is 0.662. The summed E-state index contributed by atoms with van der Waals surface area (Å²) in [6.07, 6.45) is 2.75. The van der Waals surface area contributed by atoms with Crippen molar-refractivity contribution in [3.8, 4) is 5.75 Å². The highest BCUT2D eigenvalue weighted by Crippen LogP contribution is 2.35. The van der Waals surface area contributed by atoms with Crippen LogP contribution in [0.2, 0.25) is 0 Å². The molecule has 7 nitrogen and oxygen atoms in total. The number of β-amino-alcohol motifs (C(OH)–C–C–N with tert-alkyl or cyclic N) is 1. The first kappa shape index (κ1) is 14.7. The lowest BCUT2D eigenvalue weighted by atomic mass is 10.0. The standard InChI is InChI=1S/C15H17N3O4/c19-11-3-2-6-17(9-11)8-10-7-13(18(21)22)12-4-1-5-16-14(12)15(10)20/h1,4-5,7,11,19-20H,2-3,6,8-9H2. The van der Waals surface area contributed by atoms with E-state index in [9.17, 15) is 20.3 Å². The molecule has 1 aliphatic rings. The maximum absolute atomic E-state index is 11.3. The Morgan fingerprint density at radius 1 is 1.50 bits per heavy atom. The number of aromatic nitrogens is 1. The second-order valence-corrected chi connectivity index (χ2v) is 5.59. The molecule has 1 unspecified atom stereocenters. The van der Waals surface area contributed by atoms with E-state index in [0.717, 1.165) is 19.4 Å². The van der Waals surface area contributed by atoms with E-state index in [1.165, 1.54) is 12.3 Å². The topological polar surface area (TPSA) is 99.7 Å². The third-order valence-electron chi connectivity index (χ3n) is 3.99. The summed E-state index contributed by atoms with van der Waals surface area (Å²) in [5.74, 6) is -0.0266. The SMILES string of the molecule is O=[N+]([O-])c1cc(CN2CCCC(O)C2)c(O)c2ncccc12. The van der Waals surface area contributed by atoms with E-state index < -0.39 is 4.92 Å². The van der Waals surface area contributed by atoms with Crippen LogP contribution >= 0.6 is 0 Å². The average Bonchev–Trinajstić information content (AvgIpc) is 2.50. The molecule has 0 spiro atoms. The summed E-state index contributed by atoms with van der Waals surface area (Å²) in [6, 6.07) is 4.59. The number of benzene rings is 1. The summed E-state index contributed by atoms with van der Waals surface area (Å²) < 4.78 is 0. The number of nitro benzene ring substituents is 1. The van der Waals surface area contributed by atoms with Crippen LogP contribution in [0.1, 0.15) is 18.4 Å². The van der Waals surface area contributed by atoms with Crippen molar-refractivity contribution in [3.63, 3.8) is 0 Å². The first-order chi connectivity index (χ1) is 10.6. The number of nitrogens with zero attached hydrogens (tertiary/aromatic N) is 3. The molecular formula is C15H17N3O4. The molecular weight excluding hydrogens is 286 g/mol. The fraction of sp³-hybridized carbons (Fsp3) is 0.400. The number of non-ortho nitro benzene ring substituents is 1. The minimum absolute atomic E-state index is 0.0266. The number of phenols is 1. The molecule has 1 aliphatic heterocycles. The zero-order chi connectivity index (χ0) is 15.7. The molecule has 3 rings (SSSR count). The molecule has 2 heterocycles. The predicted octanol–water partition coefficient (Wildman–Crippen LogP) is 1.81. The Labute approximate surface area is 127 Å². The van der Waals surface area contributed by atoms with Crippen molar-refractivity contribution in [2.24, 2.45) is 0 Å². The summed E-state index contributed by atoms with van der Waals surface area (Å²) in [6.45, 7) is 1.66. The number of piperidine rings is 1. The molecule has 1 aromatic heterocycles. The summed E-state index contributed by atoms with van der Waals surface area (Å²) in [5.41, 5.74) is 0.643. The lowest BCUT2D eigenvalue weighted by Gasteiger charge is -2.30. The van der Waals surface area contributed by atoms with Crippen molar-refractivity contribution in [2.45, 2.75) is 25.5 Å². The number of fused-ring (bicyclic) bond motifs is 1. The van der Waals surface area contributed by atoms with Gasteiger partial charge in [-0.25, -0.2) is 0 Å². The Balaban J connectivity index is 2.02. The van der Waals surface area contributed by atoms with Gasteiger partial charge in [0.15, 0.2) is 0 Å². The van der Waals surface area contributed by atoms with Gasteiger partial charge in [0, 0.05) is 30.9 Å². The van der Waals surface area contributed by atoms with Crippen LogP contribution < -0.4 is 0 Å². The van der Waals surface area contributed by atoms with Gasteiger partial charge in [0.25, 0.3) is 5.69 Å². The molecule has 2 N–H and O–H groups in total. The second-order valence-electron chi connectivity index (χ2n) is 5.59. The van der Waals surface area contributed by atoms with Gasteiger partial charge in [-0.05, 0) is 31.5 Å². The average molecular weight is 303 g/mol. The molecule has 1 saturated heterocycles. The molecule has 1 aromatic carbocycles. The van der Waals surface area contributed by atoms with Crippen LogP contribution in [0, 0.1) is 10.1 Å². The third-order valence-corrected chi connectivity index (χ3v) is 3.99. The van der Waals surface area contributed by atoms with Gasteiger partial charge < -0.3 is 10.2 Å². The van der Waals surface area contributed by atoms with E-state index in [1.54, 1.807) is 12.1 Å². The molecule has 1 atom stereocenters. The number of hydrogen-bond donors (Lipinski definition) is 2. The highest BCUT2D eigenvalue weighted by Gasteiger charge is 2.23. The van der Waals surface area contributed by atoms with E-state index in [4.69, 9.17) is 0 Å². The van der Waals surface area contributed by atoms with Crippen LogP contribution in [-0.4, -0.2) is 44.2 Å². The van der Waals surface area contributed by atoms with Crippen LogP contribution in [0.5, 0.6) is 5.75 Å². The van der Waals surface area contributed by atoms with Crippen molar-refractivity contribution >= 4 is 16.6 Å². The van der Waals surface area contributed by atoms with Crippen LogP contribution in [-0.2, 0) is 6.54 Å². The van der Waals surface area contributed by atoms with Crippen molar-refractivity contribution in [1.82, 2.24) is 9.88 Å². The number of nitro groups is 1. The minimum atomic E-state index is -0.460. The zero-order valence-electron chi connectivity index (χ0n) is 12.0. The normalized spacial score (nSPS) is 19.4. The van der Waals surface area contributed by atoms with Gasteiger partial charge >= 0.3 is 0 Å². The van der Waals surface area contributed by atoms with Crippen LogP contribution in [0.4, 0.5) is 5.69 Å². The van der Waals surface area contributed by atoms with Crippen LogP contribution in [0.15, 0.2) is 24.4 Å². The molecule has 116 valence electrons. The Morgan fingerprint density at radius 2 is 2.32 bits per heavy atom. The van der Waals surface area contributed by atoms with Gasteiger partial charge in [0.05, 0.1) is 16.4 Å². The van der Waals surface area contributed by atoms with E-state index in [0.29, 0.717) is 24.0 Å². The van der Waals surface area contributed by atoms with Crippen molar-refractivity contribution in [3.05, 3.63) is 40.1 Å². The fourth-order valence-corrected chi connectivity index (χ4v) is 2.95. The number of pyridine rings is 1. The van der Waals surface area contributed by atoms with Gasteiger partial charge in [-0.2, -0.15) is 0 Å². The largest absolute Gasteiger partial charge is 0.505 e. The van der Waals surface area contributed by atoms with Gasteiger partial charge in [-0.3, -0.25) is 20.0 Å². The number of aromatic hydroxyl groups is 1. The molecule has 0 amide bonds. The summed E-state index contributed by atoms with van der Waals surface area (Å²) in [5, 5.41) is 31.7. The highest BCUT2D eigenvalue weighted by molar-refractivity contribution is 5.93. The number of hydrogen-bond acceptors (Lipinski definition) is 6. The second kappa shape index (κ2) is 5.86. The maximum atomic E-state index is 11.3. The smallest absolute Gasteiger partial charge is 0.279 e. The number of phenolic OH excluding ortho intramolecular Hbond substituents is 1. The third kappa shape index (κ3) is 2.72. The summed E-state index contributed by atoms with van der Waals surface area (Å²) in [7, 11) is 0. The Bertz CT molecular complexity index is 719. The lowest BCUT2D eigenvalue weighted by Crippen LogP contribution is -2.37. The summed E-state index contributed by atoms with van der Waals surface area (Å²) >= 11 is 0. The van der Waals surface area contributed by atoms with Gasteiger partial charge in [-0.15, -0.1) is 0 Å². The van der Waals surface area contributed by atoms with Gasteiger partial charge in [0.2, 0.25) is 0 Å². The van der Waals surface area contributed by atoms with Gasteiger partial charge in [-0.1, -0.05) is 0 Å². The Kier molecular flexibility index (Phi) is 3.91. The fourth-order valence-electron chi connectivity index (χ4n) is 2.95. The molecule has 0 bridgehead atoms. The van der Waals surface area contributed by atoms with Crippen molar-refractivity contribution < 1.29 is 15.1 Å². The number of aliphatic hydroxyl groups excluding tert-OH is 1. The number of rotatable bonds is 3. The van der Waals surface area contributed by atoms with Gasteiger partial charge in [0.1, 0.15) is 11.3 Å². The Morgan fingerprint density at radius 3 is 3.05 bits per heavy atom. The number of likely N-dealkylation sites (tertiary alicyclic amines) is 1. The molecule has 7 heteroatoms. The lowest BCUT2D eigenvalue weighted by molar-refractivity contribution is -0.383. The molecule has 1 fully saturated rings. The molecule has 2 aromatic rings. The number of aliphatic hydroxyl groups is 1. The van der Waals surface area contributed by atoms with Crippen molar-refractivity contribution in [2.75, 3.05) is 13.1 Å². The van der Waals surface area contributed by atoms with E-state index in [2.05, 4.69) is 4.98 Å². The Hall–Kier alpha value is -2.25. The van der Waals surface area contributed by atoms with Crippen LogP contribution in [0.3, 0.4) is 0 Å². The van der Waals surface area contributed by atoms with E-state index >= 15 is 0 Å². The minimum Gasteiger partial charge on any atom is -0.505 e. The molecule has 0 aliphatic carbocycles. The first-order valence-electron chi connectivity index (χ1n) is 7.20. The van der Waals surface area contributed by atoms with Crippen LogP contribution in [0.25, 0.3) is 10.9 Å². The highest BCUT2D eigenvalue weighted by atomic mass is 16.6.